The maximum Gasteiger partial charge on any atom is 0.257 e. The van der Waals surface area contributed by atoms with Gasteiger partial charge < -0.3 is 9.64 Å². The fraction of sp³-hybridized carbons (Fsp3) is 0.333. The summed E-state index contributed by atoms with van der Waals surface area (Å²) in [4.78, 5) is 15.1. The molecule has 0 spiro atoms. The van der Waals surface area contributed by atoms with Crippen LogP contribution < -0.4 is 4.74 Å². The molecule has 33 heavy (non-hydrogen) atoms. The van der Waals surface area contributed by atoms with E-state index >= 15 is 0 Å². The fourth-order valence-corrected chi connectivity index (χ4v) is 5.39. The topological polar surface area (TPSA) is 84.7 Å². The van der Waals surface area contributed by atoms with Crippen molar-refractivity contribution < 1.29 is 17.9 Å². The SMILES string of the molecule is CCOc1ccc(S(=O)(=O)N2CCN(C(=O)c3cnn(-c4cccc(C)c4)c3C)CC2)cc1. The number of amides is 1. The van der Waals surface area contributed by atoms with E-state index in [0.717, 1.165) is 16.9 Å². The first-order chi connectivity index (χ1) is 15.8. The third-order valence-corrected chi connectivity index (χ3v) is 7.70. The number of aryl methyl sites for hydroxylation is 1. The predicted octanol–water partition coefficient (Wildman–Crippen LogP) is 3.03. The van der Waals surface area contributed by atoms with Crippen molar-refractivity contribution >= 4 is 15.9 Å². The van der Waals surface area contributed by atoms with Gasteiger partial charge in [-0.15, -0.1) is 0 Å². The van der Waals surface area contributed by atoms with Gasteiger partial charge in [0.25, 0.3) is 5.91 Å². The largest absolute Gasteiger partial charge is 0.494 e. The van der Waals surface area contributed by atoms with Gasteiger partial charge in [-0.2, -0.15) is 9.40 Å². The Balaban J connectivity index is 1.44. The van der Waals surface area contributed by atoms with Gasteiger partial charge in [0.15, 0.2) is 0 Å². The van der Waals surface area contributed by atoms with Gasteiger partial charge in [-0.3, -0.25) is 4.79 Å². The van der Waals surface area contributed by atoms with E-state index in [0.29, 0.717) is 31.0 Å². The maximum atomic E-state index is 13.1. The second-order valence-electron chi connectivity index (χ2n) is 8.00. The molecule has 1 saturated heterocycles. The lowest BCUT2D eigenvalue weighted by atomic mass is 10.2. The smallest absolute Gasteiger partial charge is 0.257 e. The molecule has 8 nitrogen and oxygen atoms in total. The number of sulfonamides is 1. The first-order valence-electron chi connectivity index (χ1n) is 10.9. The van der Waals surface area contributed by atoms with Gasteiger partial charge in [-0.05, 0) is 62.7 Å². The van der Waals surface area contributed by atoms with Gasteiger partial charge in [0, 0.05) is 26.2 Å². The number of nitrogens with zero attached hydrogens (tertiary/aromatic N) is 4. The van der Waals surface area contributed by atoms with Gasteiger partial charge in [-0.25, -0.2) is 13.1 Å². The van der Waals surface area contributed by atoms with E-state index in [1.54, 1.807) is 40.0 Å². The zero-order chi connectivity index (χ0) is 23.6. The summed E-state index contributed by atoms with van der Waals surface area (Å²) < 4.78 is 34.6. The lowest BCUT2D eigenvalue weighted by molar-refractivity contribution is 0.0697. The van der Waals surface area contributed by atoms with E-state index in [1.807, 2.05) is 45.0 Å². The normalized spacial score (nSPS) is 14.9. The number of piperazine rings is 1. The molecule has 0 unspecified atom stereocenters. The summed E-state index contributed by atoms with van der Waals surface area (Å²) in [5.41, 5.74) is 3.30. The van der Waals surface area contributed by atoms with Gasteiger partial charge >= 0.3 is 0 Å². The quantitative estimate of drug-likeness (QED) is 0.555. The molecule has 3 aromatic rings. The molecule has 1 aromatic heterocycles. The van der Waals surface area contributed by atoms with E-state index in [9.17, 15) is 13.2 Å². The Hall–Kier alpha value is -3.17. The third-order valence-electron chi connectivity index (χ3n) is 5.78. The van der Waals surface area contributed by atoms with E-state index in [2.05, 4.69) is 5.10 Å². The zero-order valence-electron chi connectivity index (χ0n) is 19.1. The summed E-state index contributed by atoms with van der Waals surface area (Å²) in [6.07, 6.45) is 1.59. The lowest BCUT2D eigenvalue weighted by Gasteiger charge is -2.34. The van der Waals surface area contributed by atoms with E-state index in [-0.39, 0.29) is 23.9 Å². The molecule has 9 heteroatoms. The van der Waals surface area contributed by atoms with Crippen molar-refractivity contribution in [2.75, 3.05) is 32.8 Å². The number of hydrogen-bond acceptors (Lipinski definition) is 5. The molecular weight excluding hydrogens is 440 g/mol. The van der Waals surface area contributed by atoms with E-state index in [4.69, 9.17) is 4.74 Å². The average Bonchev–Trinajstić information content (AvgIpc) is 3.20. The number of carbonyl (C=O) groups excluding carboxylic acids is 1. The van der Waals surface area contributed by atoms with Crippen LogP contribution in [0.3, 0.4) is 0 Å². The van der Waals surface area contributed by atoms with Gasteiger partial charge in [0.05, 0.1) is 34.6 Å². The molecule has 0 aliphatic carbocycles. The minimum atomic E-state index is -3.63. The highest BCUT2D eigenvalue weighted by atomic mass is 32.2. The fourth-order valence-electron chi connectivity index (χ4n) is 3.97. The van der Waals surface area contributed by atoms with Crippen LogP contribution in [0.25, 0.3) is 5.69 Å². The Bertz CT molecular complexity index is 1240. The number of carbonyl (C=O) groups is 1. The van der Waals surface area contributed by atoms with Crippen molar-refractivity contribution in [2.24, 2.45) is 0 Å². The third kappa shape index (κ3) is 4.65. The monoisotopic (exact) mass is 468 g/mol. The van der Waals surface area contributed by atoms with Crippen LogP contribution in [0, 0.1) is 13.8 Å². The molecule has 1 aliphatic heterocycles. The van der Waals surface area contributed by atoms with Crippen molar-refractivity contribution in [1.29, 1.82) is 0 Å². The molecule has 1 fully saturated rings. The Labute approximate surface area is 194 Å². The second-order valence-corrected chi connectivity index (χ2v) is 9.93. The number of aromatic nitrogens is 2. The summed E-state index contributed by atoms with van der Waals surface area (Å²) in [6, 6.07) is 14.4. The highest BCUT2D eigenvalue weighted by Gasteiger charge is 2.31. The molecule has 0 N–H and O–H groups in total. The first-order valence-corrected chi connectivity index (χ1v) is 12.4. The number of ether oxygens (including phenoxy) is 1. The van der Waals surface area contributed by atoms with Crippen LogP contribution in [0.2, 0.25) is 0 Å². The highest BCUT2D eigenvalue weighted by Crippen LogP contribution is 2.22. The summed E-state index contributed by atoms with van der Waals surface area (Å²) in [5, 5.41) is 4.41. The van der Waals surface area contributed by atoms with Crippen molar-refractivity contribution in [2.45, 2.75) is 25.7 Å². The van der Waals surface area contributed by atoms with Crippen LogP contribution >= 0.6 is 0 Å². The molecule has 4 rings (SSSR count). The first kappa shape index (κ1) is 23.0. The summed E-state index contributed by atoms with van der Waals surface area (Å²) in [5.74, 6) is 0.498. The zero-order valence-corrected chi connectivity index (χ0v) is 19.9. The van der Waals surface area contributed by atoms with Crippen LogP contribution in [0.15, 0.2) is 59.6 Å². The Morgan fingerprint density at radius 3 is 2.36 bits per heavy atom. The molecule has 0 saturated carbocycles. The minimum Gasteiger partial charge on any atom is -0.494 e. The van der Waals surface area contributed by atoms with E-state index < -0.39 is 10.0 Å². The minimum absolute atomic E-state index is 0.135. The number of benzene rings is 2. The number of hydrogen-bond donors (Lipinski definition) is 0. The van der Waals surface area contributed by atoms with Crippen LogP contribution in [-0.4, -0.2) is 66.1 Å². The molecule has 0 radical (unpaired) electrons. The molecule has 1 amide bonds. The molecule has 174 valence electrons. The molecule has 2 heterocycles. The van der Waals surface area contributed by atoms with Crippen molar-refractivity contribution in [1.82, 2.24) is 19.0 Å². The molecular formula is C24H28N4O4S. The summed E-state index contributed by atoms with van der Waals surface area (Å²) in [7, 11) is -3.63. The van der Waals surface area contributed by atoms with Crippen molar-refractivity contribution in [3.63, 3.8) is 0 Å². The molecule has 2 aromatic carbocycles. The van der Waals surface area contributed by atoms with Crippen molar-refractivity contribution in [3.05, 3.63) is 71.5 Å². The summed E-state index contributed by atoms with van der Waals surface area (Å²) >= 11 is 0. The second kappa shape index (κ2) is 9.36. The summed E-state index contributed by atoms with van der Waals surface area (Å²) in [6.45, 7) is 7.41. The Kier molecular flexibility index (Phi) is 6.53. The Morgan fingerprint density at radius 1 is 1.03 bits per heavy atom. The average molecular weight is 469 g/mol. The molecule has 1 aliphatic rings. The van der Waals surface area contributed by atoms with Crippen LogP contribution in [0.5, 0.6) is 5.75 Å². The van der Waals surface area contributed by atoms with Crippen molar-refractivity contribution in [3.8, 4) is 11.4 Å². The van der Waals surface area contributed by atoms with E-state index in [1.165, 1.54) is 4.31 Å². The maximum absolute atomic E-state index is 13.1. The van der Waals surface area contributed by atoms with Gasteiger partial charge in [0.1, 0.15) is 5.75 Å². The predicted molar refractivity (Wildman–Crippen MR) is 125 cm³/mol. The van der Waals surface area contributed by atoms with Crippen LogP contribution in [-0.2, 0) is 10.0 Å². The van der Waals surface area contributed by atoms with Crippen LogP contribution in [0.1, 0.15) is 28.5 Å². The molecule has 0 atom stereocenters. The Morgan fingerprint density at radius 2 is 1.73 bits per heavy atom. The standard InChI is InChI=1S/C24H28N4O4S/c1-4-32-21-8-10-22(11-9-21)33(30,31)27-14-12-26(13-15-27)24(29)23-17-25-28(19(23)3)20-7-5-6-18(2)16-20/h5-11,16-17H,4,12-15H2,1-3H3. The number of rotatable bonds is 6. The van der Waals surface area contributed by atoms with Crippen LogP contribution in [0.4, 0.5) is 0 Å². The lowest BCUT2D eigenvalue weighted by Crippen LogP contribution is -2.50. The highest BCUT2D eigenvalue weighted by molar-refractivity contribution is 7.89. The molecule has 0 bridgehead atoms. The van der Waals surface area contributed by atoms with Gasteiger partial charge in [-0.1, -0.05) is 12.1 Å². The van der Waals surface area contributed by atoms with Gasteiger partial charge in [0.2, 0.25) is 10.0 Å².